The summed E-state index contributed by atoms with van der Waals surface area (Å²) in [4.78, 5) is 13.7. The highest BCUT2D eigenvalue weighted by atomic mass is 16.5. The molecule has 0 unspecified atom stereocenters. The molecule has 0 radical (unpaired) electrons. The van der Waals surface area contributed by atoms with Crippen molar-refractivity contribution in [3.05, 3.63) is 72.2 Å². The second-order valence-electron chi connectivity index (χ2n) is 9.08. The van der Waals surface area contributed by atoms with E-state index in [2.05, 4.69) is 21.4 Å². The number of methoxy groups -OCH3 is 1. The quantitative estimate of drug-likeness (QED) is 0.436. The number of rotatable bonds is 7. The van der Waals surface area contributed by atoms with Gasteiger partial charge in [-0.1, -0.05) is 12.1 Å². The van der Waals surface area contributed by atoms with Gasteiger partial charge in [-0.15, -0.1) is 0 Å². The third-order valence-electron chi connectivity index (χ3n) is 6.89. The number of nitrogens with zero attached hydrogens (tertiary/aromatic N) is 3. The Morgan fingerprint density at radius 2 is 1.85 bits per heavy atom. The zero-order chi connectivity index (χ0) is 22.7. The predicted octanol–water partition coefficient (Wildman–Crippen LogP) is 4.58. The number of para-hydroxylation sites is 2. The molecule has 2 aromatic heterocycles. The maximum atomic E-state index is 11.2. The minimum absolute atomic E-state index is 0.393. The van der Waals surface area contributed by atoms with Crippen LogP contribution in [0.15, 0.2) is 60.9 Å². The Morgan fingerprint density at radius 3 is 2.67 bits per heavy atom. The van der Waals surface area contributed by atoms with Gasteiger partial charge in [0.05, 0.1) is 41.2 Å². The molecule has 6 nitrogen and oxygen atoms in total. The molecule has 6 heteroatoms. The minimum atomic E-state index is -0.616. The molecule has 0 bridgehead atoms. The SMILES string of the molecule is COc1ccc2nccc(CCC3(O)CCC(NCc4cnc5ccccc5n4)CC3)c2c1. The molecule has 1 fully saturated rings. The molecule has 0 saturated heterocycles. The molecule has 2 N–H and O–H groups in total. The molecule has 33 heavy (non-hydrogen) atoms. The van der Waals surface area contributed by atoms with E-state index in [1.54, 1.807) is 7.11 Å². The van der Waals surface area contributed by atoms with Crippen LogP contribution in [-0.2, 0) is 13.0 Å². The molecule has 1 aliphatic carbocycles. The summed E-state index contributed by atoms with van der Waals surface area (Å²) in [6.07, 6.45) is 8.82. The van der Waals surface area contributed by atoms with E-state index in [0.717, 1.165) is 71.9 Å². The molecule has 1 saturated carbocycles. The number of hydrogen-bond donors (Lipinski definition) is 2. The second-order valence-corrected chi connectivity index (χ2v) is 9.08. The highest BCUT2D eigenvalue weighted by Crippen LogP contribution is 2.33. The van der Waals surface area contributed by atoms with Gasteiger partial charge in [-0.3, -0.25) is 9.97 Å². The van der Waals surface area contributed by atoms with E-state index in [9.17, 15) is 5.11 Å². The molecule has 0 spiro atoms. The van der Waals surface area contributed by atoms with E-state index >= 15 is 0 Å². The van der Waals surface area contributed by atoms with Crippen LogP contribution in [0.5, 0.6) is 5.75 Å². The van der Waals surface area contributed by atoms with Crippen molar-refractivity contribution in [1.82, 2.24) is 20.3 Å². The summed E-state index contributed by atoms with van der Waals surface area (Å²) < 4.78 is 5.39. The number of aliphatic hydroxyl groups is 1. The molecular weight excluding hydrogens is 412 g/mol. The summed E-state index contributed by atoms with van der Waals surface area (Å²) in [6.45, 7) is 0.700. The Labute approximate surface area is 194 Å². The van der Waals surface area contributed by atoms with Crippen LogP contribution in [0.2, 0.25) is 0 Å². The Kier molecular flexibility index (Phi) is 6.20. The van der Waals surface area contributed by atoms with E-state index in [-0.39, 0.29) is 0 Å². The van der Waals surface area contributed by atoms with E-state index in [1.807, 2.05) is 54.9 Å². The van der Waals surface area contributed by atoms with Crippen LogP contribution in [-0.4, -0.2) is 38.8 Å². The Balaban J connectivity index is 1.16. The Bertz CT molecular complexity index is 1250. The lowest BCUT2D eigenvalue weighted by molar-refractivity contribution is -0.0108. The molecule has 0 amide bonds. The van der Waals surface area contributed by atoms with E-state index in [0.29, 0.717) is 12.6 Å². The molecular formula is C27H30N4O2. The largest absolute Gasteiger partial charge is 0.497 e. The zero-order valence-corrected chi connectivity index (χ0v) is 19.0. The predicted molar refractivity (Wildman–Crippen MR) is 130 cm³/mol. The average Bonchev–Trinajstić information content (AvgIpc) is 2.87. The van der Waals surface area contributed by atoms with Crippen LogP contribution < -0.4 is 10.1 Å². The summed E-state index contributed by atoms with van der Waals surface area (Å²) in [7, 11) is 1.68. The first-order chi connectivity index (χ1) is 16.1. The van der Waals surface area contributed by atoms with Crippen molar-refractivity contribution >= 4 is 21.9 Å². The number of fused-ring (bicyclic) bond motifs is 2. The molecule has 1 aliphatic rings. The van der Waals surface area contributed by atoms with E-state index in [1.165, 1.54) is 5.56 Å². The average molecular weight is 443 g/mol. The molecule has 0 aliphatic heterocycles. The maximum Gasteiger partial charge on any atom is 0.119 e. The summed E-state index contributed by atoms with van der Waals surface area (Å²) in [5.74, 6) is 0.832. The monoisotopic (exact) mass is 442 g/mol. The van der Waals surface area contributed by atoms with Gasteiger partial charge in [0.25, 0.3) is 0 Å². The van der Waals surface area contributed by atoms with Crippen LogP contribution in [0, 0.1) is 0 Å². The topological polar surface area (TPSA) is 80.2 Å². The maximum absolute atomic E-state index is 11.2. The Morgan fingerprint density at radius 1 is 1.03 bits per heavy atom. The van der Waals surface area contributed by atoms with Gasteiger partial charge in [0.15, 0.2) is 0 Å². The first-order valence-corrected chi connectivity index (χ1v) is 11.7. The van der Waals surface area contributed by atoms with Crippen LogP contribution in [0.4, 0.5) is 0 Å². The number of hydrogen-bond acceptors (Lipinski definition) is 6. The first-order valence-electron chi connectivity index (χ1n) is 11.7. The molecule has 5 rings (SSSR count). The summed E-state index contributed by atoms with van der Waals surface area (Å²) in [6, 6.07) is 16.4. The number of ether oxygens (including phenoxy) is 1. The smallest absolute Gasteiger partial charge is 0.119 e. The fraction of sp³-hybridized carbons (Fsp3) is 0.370. The standard InChI is InChI=1S/C27H30N4O2/c1-33-22-6-7-24-23(16-22)19(11-15-28-24)8-12-27(32)13-9-20(10-14-27)29-17-21-18-30-25-4-2-3-5-26(25)31-21/h2-7,11,15-16,18,20,29,32H,8-10,12-14,17H2,1H3. The fourth-order valence-electron chi connectivity index (χ4n) is 4.83. The van der Waals surface area contributed by atoms with E-state index in [4.69, 9.17) is 9.72 Å². The van der Waals surface area contributed by atoms with Gasteiger partial charge < -0.3 is 15.2 Å². The number of nitrogens with one attached hydrogen (secondary N) is 1. The van der Waals surface area contributed by atoms with Crippen LogP contribution >= 0.6 is 0 Å². The van der Waals surface area contributed by atoms with Crippen molar-refractivity contribution in [3.8, 4) is 5.75 Å². The molecule has 4 aromatic rings. The number of pyridine rings is 1. The van der Waals surface area contributed by atoms with Gasteiger partial charge in [0.1, 0.15) is 5.75 Å². The summed E-state index contributed by atoms with van der Waals surface area (Å²) in [5, 5.41) is 16.0. The highest BCUT2D eigenvalue weighted by molar-refractivity contribution is 5.83. The zero-order valence-electron chi connectivity index (χ0n) is 19.0. The molecule has 2 heterocycles. The van der Waals surface area contributed by atoms with Gasteiger partial charge in [0.2, 0.25) is 0 Å². The minimum Gasteiger partial charge on any atom is -0.497 e. The van der Waals surface area contributed by atoms with Gasteiger partial charge in [-0.25, -0.2) is 4.98 Å². The molecule has 170 valence electrons. The number of aromatic nitrogens is 3. The number of benzene rings is 2. The highest BCUT2D eigenvalue weighted by Gasteiger charge is 2.32. The van der Waals surface area contributed by atoms with Crippen LogP contribution in [0.1, 0.15) is 43.4 Å². The number of aryl methyl sites for hydroxylation is 1. The van der Waals surface area contributed by atoms with Crippen molar-refractivity contribution in [2.24, 2.45) is 0 Å². The molecule has 2 aromatic carbocycles. The van der Waals surface area contributed by atoms with Gasteiger partial charge >= 0.3 is 0 Å². The van der Waals surface area contributed by atoms with Crippen LogP contribution in [0.25, 0.3) is 21.9 Å². The lowest BCUT2D eigenvalue weighted by Gasteiger charge is -2.36. The van der Waals surface area contributed by atoms with Crippen molar-refractivity contribution in [2.75, 3.05) is 7.11 Å². The molecule has 0 atom stereocenters. The lowest BCUT2D eigenvalue weighted by atomic mass is 9.78. The third kappa shape index (κ3) is 4.97. The van der Waals surface area contributed by atoms with Gasteiger partial charge in [-0.05, 0) is 80.5 Å². The first kappa shape index (κ1) is 21.7. The van der Waals surface area contributed by atoms with Gasteiger partial charge in [-0.2, -0.15) is 0 Å². The normalized spacial score (nSPS) is 20.8. The van der Waals surface area contributed by atoms with Crippen molar-refractivity contribution in [1.29, 1.82) is 0 Å². The fourth-order valence-corrected chi connectivity index (χ4v) is 4.83. The van der Waals surface area contributed by atoms with Gasteiger partial charge in [0, 0.05) is 24.2 Å². The van der Waals surface area contributed by atoms with Crippen LogP contribution in [0.3, 0.4) is 0 Å². The third-order valence-corrected chi connectivity index (χ3v) is 6.89. The lowest BCUT2D eigenvalue weighted by Crippen LogP contribution is -2.41. The van der Waals surface area contributed by atoms with Crippen molar-refractivity contribution in [3.63, 3.8) is 0 Å². The van der Waals surface area contributed by atoms with Crippen molar-refractivity contribution in [2.45, 2.75) is 56.7 Å². The summed E-state index contributed by atoms with van der Waals surface area (Å²) in [5.41, 5.74) is 4.36. The second kappa shape index (κ2) is 9.41. The van der Waals surface area contributed by atoms with Crippen molar-refractivity contribution < 1.29 is 9.84 Å². The van der Waals surface area contributed by atoms with E-state index < -0.39 is 5.60 Å². The Hall–Kier alpha value is -3.09. The summed E-state index contributed by atoms with van der Waals surface area (Å²) >= 11 is 0.